The molecule has 10 heteroatoms. The van der Waals surface area contributed by atoms with Crippen LogP contribution in [0.25, 0.3) is 0 Å². The lowest BCUT2D eigenvalue weighted by Gasteiger charge is -2.22. The van der Waals surface area contributed by atoms with Crippen molar-refractivity contribution < 1.29 is 14.4 Å². The number of aryl methyl sites for hydroxylation is 2. The first kappa shape index (κ1) is 20.8. The third kappa shape index (κ3) is 4.26. The largest absolute Gasteiger partial charge is 0.325 e. The second-order valence-corrected chi connectivity index (χ2v) is 8.94. The lowest BCUT2D eigenvalue weighted by atomic mass is 9.91. The first-order chi connectivity index (χ1) is 13.7. The molecule has 1 unspecified atom stereocenters. The second-order valence-electron chi connectivity index (χ2n) is 6.70. The van der Waals surface area contributed by atoms with Crippen LogP contribution < -0.4 is 10.6 Å². The number of hydrogen-bond acceptors (Lipinski definition) is 7. The zero-order valence-corrected chi connectivity index (χ0v) is 17.7. The van der Waals surface area contributed by atoms with Crippen molar-refractivity contribution in [2.75, 3.05) is 17.6 Å². The molecule has 2 N–H and O–H groups in total. The third-order valence-corrected chi connectivity index (χ3v) is 6.78. The number of rotatable bonds is 6. The van der Waals surface area contributed by atoms with Crippen LogP contribution in [0, 0.1) is 25.2 Å². The molecule has 1 atom stereocenters. The highest BCUT2D eigenvalue weighted by atomic mass is 32.2. The smallest absolute Gasteiger partial charge is 0.319 e. The van der Waals surface area contributed by atoms with Crippen molar-refractivity contribution in [2.45, 2.75) is 30.5 Å². The van der Waals surface area contributed by atoms with Gasteiger partial charge in [-0.2, -0.15) is 5.26 Å². The number of amides is 4. The van der Waals surface area contributed by atoms with Crippen molar-refractivity contribution in [2.24, 2.45) is 0 Å². The summed E-state index contributed by atoms with van der Waals surface area (Å²) in [6, 6.07) is 8.73. The minimum absolute atomic E-state index is 0.288. The lowest BCUT2D eigenvalue weighted by Crippen LogP contribution is -2.42. The van der Waals surface area contributed by atoms with E-state index in [1.165, 1.54) is 23.1 Å². The Kier molecular flexibility index (Phi) is 5.91. The third-order valence-electron chi connectivity index (χ3n) is 4.47. The van der Waals surface area contributed by atoms with Crippen molar-refractivity contribution >= 4 is 46.1 Å². The summed E-state index contributed by atoms with van der Waals surface area (Å²) in [4.78, 5) is 42.8. The number of nitrogens with zero attached hydrogens (tertiary/aromatic N) is 3. The standard InChI is InChI=1S/C19H19N5O3S2/c1-11-4-6-13(7-5-11)19(3)16(26)24(18(27)23-19)10-14(25)22-17-21-12(2)15(29-17)28-9-8-20/h4-7H,9-10H2,1-3H3,(H,23,27)(H,21,22,25). The van der Waals surface area contributed by atoms with Crippen LogP contribution in [-0.2, 0) is 15.1 Å². The SMILES string of the molecule is Cc1ccc(C2(C)NC(=O)N(CC(=O)Nc3nc(C)c(SCC#N)s3)C2=O)cc1. The van der Waals surface area contributed by atoms with Crippen molar-refractivity contribution in [1.82, 2.24) is 15.2 Å². The number of hydrogen-bond donors (Lipinski definition) is 2. The molecule has 2 aromatic rings. The topological polar surface area (TPSA) is 115 Å². The molecule has 150 valence electrons. The molecule has 4 amide bonds. The molecule has 1 aliphatic heterocycles. The maximum atomic E-state index is 12.9. The number of benzene rings is 1. The number of thioether (sulfide) groups is 1. The van der Waals surface area contributed by atoms with E-state index in [4.69, 9.17) is 5.26 Å². The minimum Gasteiger partial charge on any atom is -0.319 e. The van der Waals surface area contributed by atoms with Crippen molar-refractivity contribution in [3.63, 3.8) is 0 Å². The average molecular weight is 430 g/mol. The van der Waals surface area contributed by atoms with Gasteiger partial charge in [-0.1, -0.05) is 52.9 Å². The van der Waals surface area contributed by atoms with Gasteiger partial charge in [0.2, 0.25) is 5.91 Å². The predicted molar refractivity (Wildman–Crippen MR) is 111 cm³/mol. The number of nitrogens with one attached hydrogen (secondary N) is 2. The number of carbonyl (C=O) groups excluding carboxylic acids is 3. The summed E-state index contributed by atoms with van der Waals surface area (Å²) in [5.41, 5.74) is 1.19. The van der Waals surface area contributed by atoms with Gasteiger partial charge in [0, 0.05) is 0 Å². The Morgan fingerprint density at radius 3 is 2.69 bits per heavy atom. The predicted octanol–water partition coefficient (Wildman–Crippen LogP) is 2.78. The fraction of sp³-hybridized carbons (Fsp3) is 0.316. The zero-order valence-electron chi connectivity index (χ0n) is 16.1. The highest BCUT2D eigenvalue weighted by Crippen LogP contribution is 2.32. The Morgan fingerprint density at radius 1 is 1.34 bits per heavy atom. The fourth-order valence-electron chi connectivity index (χ4n) is 2.89. The number of anilines is 1. The number of thiazole rings is 1. The van der Waals surface area contributed by atoms with Gasteiger partial charge < -0.3 is 10.6 Å². The molecule has 1 aromatic heterocycles. The Balaban J connectivity index is 1.69. The number of nitriles is 1. The van der Waals surface area contributed by atoms with Crippen LogP contribution in [-0.4, -0.2) is 40.0 Å². The van der Waals surface area contributed by atoms with E-state index in [0.717, 1.165) is 14.7 Å². The average Bonchev–Trinajstić information content (AvgIpc) is 3.12. The van der Waals surface area contributed by atoms with E-state index < -0.39 is 29.9 Å². The van der Waals surface area contributed by atoms with Crippen LogP contribution in [0.2, 0.25) is 0 Å². The first-order valence-electron chi connectivity index (χ1n) is 8.73. The summed E-state index contributed by atoms with van der Waals surface area (Å²) in [6.07, 6.45) is 0. The van der Waals surface area contributed by atoms with Gasteiger partial charge in [-0.25, -0.2) is 9.78 Å². The summed E-state index contributed by atoms with van der Waals surface area (Å²) in [7, 11) is 0. The highest BCUT2D eigenvalue weighted by molar-refractivity contribution is 8.01. The fourth-order valence-corrected chi connectivity index (χ4v) is 4.71. The molecule has 0 saturated carbocycles. The van der Waals surface area contributed by atoms with E-state index in [2.05, 4.69) is 15.6 Å². The lowest BCUT2D eigenvalue weighted by molar-refractivity contribution is -0.133. The second kappa shape index (κ2) is 8.23. The highest BCUT2D eigenvalue weighted by Gasteiger charge is 2.49. The summed E-state index contributed by atoms with van der Waals surface area (Å²) in [6.45, 7) is 4.93. The molecule has 1 fully saturated rings. The number of imide groups is 1. The maximum Gasteiger partial charge on any atom is 0.325 e. The van der Waals surface area contributed by atoms with Gasteiger partial charge in [-0.15, -0.1) is 0 Å². The quantitative estimate of drug-likeness (QED) is 0.539. The molecule has 3 rings (SSSR count). The van der Waals surface area contributed by atoms with E-state index in [-0.39, 0.29) is 5.75 Å². The molecule has 0 radical (unpaired) electrons. The Hall–Kier alpha value is -2.90. The van der Waals surface area contributed by atoms with Crippen molar-refractivity contribution in [3.8, 4) is 6.07 Å². The zero-order chi connectivity index (χ0) is 21.2. The first-order valence-corrected chi connectivity index (χ1v) is 10.5. The minimum atomic E-state index is -1.22. The molecule has 8 nitrogen and oxygen atoms in total. The number of carbonyl (C=O) groups is 3. The molecule has 1 aliphatic rings. The summed E-state index contributed by atoms with van der Waals surface area (Å²) in [5, 5.41) is 14.4. The number of aromatic nitrogens is 1. The van der Waals surface area contributed by atoms with Gasteiger partial charge >= 0.3 is 6.03 Å². The molecule has 0 bridgehead atoms. The van der Waals surface area contributed by atoms with E-state index >= 15 is 0 Å². The van der Waals surface area contributed by atoms with Crippen molar-refractivity contribution in [3.05, 3.63) is 41.1 Å². The van der Waals surface area contributed by atoms with Crippen LogP contribution in [0.5, 0.6) is 0 Å². The van der Waals surface area contributed by atoms with Crippen LogP contribution in [0.15, 0.2) is 28.5 Å². The van der Waals surface area contributed by atoms with Crippen LogP contribution >= 0.6 is 23.1 Å². The summed E-state index contributed by atoms with van der Waals surface area (Å²) >= 11 is 2.59. The number of urea groups is 1. The van der Waals surface area contributed by atoms with Crippen LogP contribution in [0.3, 0.4) is 0 Å². The van der Waals surface area contributed by atoms with Gasteiger partial charge in [0.15, 0.2) is 5.13 Å². The molecule has 1 saturated heterocycles. The Labute approximate surface area is 176 Å². The summed E-state index contributed by atoms with van der Waals surface area (Å²) in [5.74, 6) is -0.717. The van der Waals surface area contributed by atoms with Gasteiger partial charge in [0.25, 0.3) is 5.91 Å². The van der Waals surface area contributed by atoms with Gasteiger partial charge in [0.1, 0.15) is 12.1 Å². The molecule has 0 aliphatic carbocycles. The monoisotopic (exact) mass is 429 g/mol. The Morgan fingerprint density at radius 2 is 2.03 bits per heavy atom. The Bertz CT molecular complexity index is 1010. The maximum absolute atomic E-state index is 12.9. The molecular weight excluding hydrogens is 410 g/mol. The van der Waals surface area contributed by atoms with Gasteiger partial charge in [-0.3, -0.25) is 14.5 Å². The normalized spacial score (nSPS) is 18.5. The van der Waals surface area contributed by atoms with Gasteiger partial charge in [-0.05, 0) is 26.3 Å². The molecular formula is C19H19N5O3S2. The van der Waals surface area contributed by atoms with E-state index in [1.54, 1.807) is 26.0 Å². The van der Waals surface area contributed by atoms with Crippen LogP contribution in [0.4, 0.5) is 9.93 Å². The molecule has 1 aromatic carbocycles. The molecule has 0 spiro atoms. The summed E-state index contributed by atoms with van der Waals surface area (Å²) < 4.78 is 0.837. The van der Waals surface area contributed by atoms with Crippen molar-refractivity contribution in [1.29, 1.82) is 5.26 Å². The van der Waals surface area contributed by atoms with E-state index in [0.29, 0.717) is 16.4 Å². The molecule has 2 heterocycles. The van der Waals surface area contributed by atoms with Gasteiger partial charge in [0.05, 0.1) is 21.7 Å². The van der Waals surface area contributed by atoms with E-state index in [1.807, 2.05) is 25.1 Å². The van der Waals surface area contributed by atoms with Crippen LogP contribution in [0.1, 0.15) is 23.7 Å². The molecule has 29 heavy (non-hydrogen) atoms. The van der Waals surface area contributed by atoms with E-state index in [9.17, 15) is 14.4 Å².